The van der Waals surface area contributed by atoms with Gasteiger partial charge in [-0.3, -0.25) is 0 Å². The lowest BCUT2D eigenvalue weighted by Gasteiger charge is -2.28. The second kappa shape index (κ2) is 5.68. The lowest BCUT2D eigenvalue weighted by Crippen LogP contribution is -2.23. The van der Waals surface area contributed by atoms with Crippen molar-refractivity contribution >= 4 is 0 Å². The van der Waals surface area contributed by atoms with Crippen molar-refractivity contribution in [2.45, 2.75) is 57.9 Å². The van der Waals surface area contributed by atoms with Crippen LogP contribution in [0.1, 0.15) is 69.0 Å². The zero-order valence-electron chi connectivity index (χ0n) is 11.2. The Labute approximate surface area is 105 Å². The van der Waals surface area contributed by atoms with E-state index >= 15 is 0 Å². The predicted octanol–water partition coefficient (Wildman–Crippen LogP) is 4.39. The van der Waals surface area contributed by atoms with Gasteiger partial charge in [0.1, 0.15) is 0 Å². The van der Waals surface area contributed by atoms with Crippen molar-refractivity contribution in [2.75, 3.05) is 0 Å². The molecule has 1 atom stereocenters. The average molecular weight is 231 g/mol. The van der Waals surface area contributed by atoms with Crippen molar-refractivity contribution in [3.63, 3.8) is 0 Å². The molecular weight excluding hydrogens is 206 g/mol. The Balaban J connectivity index is 2.05. The number of benzene rings is 1. The molecule has 1 aromatic rings. The van der Waals surface area contributed by atoms with Gasteiger partial charge >= 0.3 is 0 Å². The maximum Gasteiger partial charge on any atom is 0.0323 e. The number of nitrogens with two attached hydrogens (primary N) is 1. The Morgan fingerprint density at radius 3 is 2.00 bits per heavy atom. The van der Waals surface area contributed by atoms with Crippen molar-refractivity contribution in [3.05, 3.63) is 35.4 Å². The van der Waals surface area contributed by atoms with Gasteiger partial charge < -0.3 is 5.73 Å². The molecule has 0 aromatic heterocycles. The Bertz CT molecular complexity index is 333. The molecule has 1 nitrogen and oxygen atoms in total. The van der Waals surface area contributed by atoms with E-state index in [2.05, 4.69) is 38.1 Å². The van der Waals surface area contributed by atoms with Crippen LogP contribution in [0, 0.1) is 5.92 Å². The smallest absolute Gasteiger partial charge is 0.0323 e. The van der Waals surface area contributed by atoms with Gasteiger partial charge in [0.2, 0.25) is 0 Å². The third-order valence-corrected chi connectivity index (χ3v) is 4.15. The molecule has 1 heteroatoms. The van der Waals surface area contributed by atoms with E-state index in [1.54, 1.807) is 0 Å². The van der Waals surface area contributed by atoms with Crippen molar-refractivity contribution in [3.8, 4) is 0 Å². The van der Waals surface area contributed by atoms with Gasteiger partial charge in [0.15, 0.2) is 0 Å². The second-order valence-electron chi connectivity index (χ2n) is 5.75. The van der Waals surface area contributed by atoms with Crippen LogP contribution in [0.15, 0.2) is 24.3 Å². The molecule has 17 heavy (non-hydrogen) atoms. The minimum atomic E-state index is 0.247. The molecule has 2 rings (SSSR count). The zero-order chi connectivity index (χ0) is 12.3. The summed E-state index contributed by atoms with van der Waals surface area (Å²) in [6, 6.07) is 9.19. The maximum absolute atomic E-state index is 6.40. The van der Waals surface area contributed by atoms with Crippen molar-refractivity contribution in [2.24, 2.45) is 11.7 Å². The van der Waals surface area contributed by atoms with Crippen LogP contribution in [0.5, 0.6) is 0 Å². The highest BCUT2D eigenvalue weighted by atomic mass is 14.7. The molecular formula is C16H25N. The molecule has 0 heterocycles. The molecule has 94 valence electrons. The van der Waals surface area contributed by atoms with Gasteiger partial charge in [-0.25, -0.2) is 0 Å². The Morgan fingerprint density at radius 2 is 1.47 bits per heavy atom. The van der Waals surface area contributed by atoms with Crippen LogP contribution in [0.2, 0.25) is 0 Å². The Kier molecular flexibility index (Phi) is 4.22. The normalized spacial score (nSPS) is 19.5. The third kappa shape index (κ3) is 3.10. The van der Waals surface area contributed by atoms with Gasteiger partial charge in [-0.2, -0.15) is 0 Å². The van der Waals surface area contributed by atoms with E-state index in [-0.39, 0.29) is 6.04 Å². The lowest BCUT2D eigenvalue weighted by molar-refractivity contribution is 0.308. The van der Waals surface area contributed by atoms with Crippen molar-refractivity contribution in [1.29, 1.82) is 0 Å². The molecule has 0 bridgehead atoms. The van der Waals surface area contributed by atoms with Crippen LogP contribution in [0.25, 0.3) is 0 Å². The number of hydrogen-bond acceptors (Lipinski definition) is 1. The molecule has 0 saturated heterocycles. The topological polar surface area (TPSA) is 26.0 Å². The molecule has 0 radical (unpaired) electrons. The van der Waals surface area contributed by atoms with Crippen LogP contribution in [0.4, 0.5) is 0 Å². The highest BCUT2D eigenvalue weighted by Crippen LogP contribution is 2.33. The average Bonchev–Trinajstić information content (AvgIpc) is 2.39. The van der Waals surface area contributed by atoms with Crippen LogP contribution >= 0.6 is 0 Å². The van der Waals surface area contributed by atoms with Gasteiger partial charge in [0.25, 0.3) is 0 Å². The SMILES string of the molecule is CC(C)c1ccc([C@H](N)C2CCCCC2)cc1. The quantitative estimate of drug-likeness (QED) is 0.820. The fourth-order valence-electron chi connectivity index (χ4n) is 2.87. The summed E-state index contributed by atoms with van der Waals surface area (Å²) in [6.07, 6.45) is 6.75. The molecule has 1 fully saturated rings. The molecule has 1 aliphatic rings. The summed E-state index contributed by atoms with van der Waals surface area (Å²) < 4.78 is 0. The molecule has 0 spiro atoms. The second-order valence-corrected chi connectivity index (χ2v) is 5.75. The first-order chi connectivity index (χ1) is 8.18. The predicted molar refractivity (Wildman–Crippen MR) is 74.0 cm³/mol. The Morgan fingerprint density at radius 1 is 0.941 bits per heavy atom. The van der Waals surface area contributed by atoms with E-state index in [4.69, 9.17) is 5.73 Å². The minimum absolute atomic E-state index is 0.247. The van der Waals surface area contributed by atoms with Crippen molar-refractivity contribution < 1.29 is 0 Å². The molecule has 0 amide bonds. The van der Waals surface area contributed by atoms with E-state index in [1.165, 1.54) is 43.2 Å². The summed E-state index contributed by atoms with van der Waals surface area (Å²) in [5, 5.41) is 0. The van der Waals surface area contributed by atoms with E-state index in [0.717, 1.165) is 0 Å². The van der Waals surface area contributed by atoms with Gasteiger partial charge in [-0.15, -0.1) is 0 Å². The summed E-state index contributed by atoms with van der Waals surface area (Å²) in [4.78, 5) is 0. The minimum Gasteiger partial charge on any atom is -0.324 e. The van der Waals surface area contributed by atoms with Gasteiger partial charge in [-0.1, -0.05) is 57.4 Å². The standard InChI is InChI=1S/C16H25N/c1-12(2)13-8-10-15(11-9-13)16(17)14-6-4-3-5-7-14/h8-12,14,16H,3-7,17H2,1-2H3/t16-/m1/s1. The van der Waals surface area contributed by atoms with E-state index in [1.807, 2.05) is 0 Å². The summed E-state index contributed by atoms with van der Waals surface area (Å²) in [5.74, 6) is 1.31. The largest absolute Gasteiger partial charge is 0.324 e. The van der Waals surface area contributed by atoms with Crippen LogP contribution in [-0.2, 0) is 0 Å². The van der Waals surface area contributed by atoms with E-state index in [9.17, 15) is 0 Å². The first-order valence-corrected chi connectivity index (χ1v) is 7.04. The molecule has 0 unspecified atom stereocenters. The maximum atomic E-state index is 6.40. The van der Waals surface area contributed by atoms with Gasteiger partial charge in [0.05, 0.1) is 0 Å². The van der Waals surface area contributed by atoms with Gasteiger partial charge in [0, 0.05) is 6.04 Å². The summed E-state index contributed by atoms with van der Waals surface area (Å²) in [5.41, 5.74) is 9.12. The molecule has 0 aliphatic heterocycles. The first kappa shape index (κ1) is 12.6. The third-order valence-electron chi connectivity index (χ3n) is 4.15. The lowest BCUT2D eigenvalue weighted by atomic mass is 9.81. The van der Waals surface area contributed by atoms with E-state index < -0.39 is 0 Å². The fourth-order valence-corrected chi connectivity index (χ4v) is 2.87. The molecule has 1 aromatic carbocycles. The summed E-state index contributed by atoms with van der Waals surface area (Å²) >= 11 is 0. The molecule has 2 N–H and O–H groups in total. The zero-order valence-corrected chi connectivity index (χ0v) is 11.2. The first-order valence-electron chi connectivity index (χ1n) is 7.04. The number of rotatable bonds is 3. The summed E-state index contributed by atoms with van der Waals surface area (Å²) in [6.45, 7) is 4.46. The monoisotopic (exact) mass is 231 g/mol. The highest BCUT2D eigenvalue weighted by Gasteiger charge is 2.21. The molecule has 1 saturated carbocycles. The molecule has 1 aliphatic carbocycles. The van der Waals surface area contributed by atoms with Crippen LogP contribution < -0.4 is 5.73 Å². The van der Waals surface area contributed by atoms with Crippen LogP contribution in [-0.4, -0.2) is 0 Å². The number of hydrogen-bond donors (Lipinski definition) is 1. The Hall–Kier alpha value is -0.820. The van der Waals surface area contributed by atoms with Crippen LogP contribution in [0.3, 0.4) is 0 Å². The highest BCUT2D eigenvalue weighted by molar-refractivity contribution is 5.27. The van der Waals surface area contributed by atoms with E-state index in [0.29, 0.717) is 11.8 Å². The van der Waals surface area contributed by atoms with Gasteiger partial charge in [-0.05, 0) is 35.8 Å². The summed E-state index contributed by atoms with van der Waals surface area (Å²) in [7, 11) is 0. The fraction of sp³-hybridized carbons (Fsp3) is 0.625. The van der Waals surface area contributed by atoms with Crippen molar-refractivity contribution in [1.82, 2.24) is 0 Å².